The first-order valence-corrected chi connectivity index (χ1v) is 7.68. The molecule has 1 heterocycles. The van der Waals surface area contributed by atoms with Crippen molar-refractivity contribution in [3.05, 3.63) is 42.2 Å². The summed E-state index contributed by atoms with van der Waals surface area (Å²) in [6.45, 7) is 7.46. The third-order valence-electron chi connectivity index (χ3n) is 3.98. The molecule has 0 saturated heterocycles. The van der Waals surface area contributed by atoms with Gasteiger partial charge in [-0.25, -0.2) is 0 Å². The van der Waals surface area contributed by atoms with Gasteiger partial charge in [0.05, 0.1) is 5.60 Å². The van der Waals surface area contributed by atoms with Crippen molar-refractivity contribution in [3.63, 3.8) is 0 Å². The van der Waals surface area contributed by atoms with Gasteiger partial charge >= 0.3 is 0 Å². The third kappa shape index (κ3) is 4.02. The van der Waals surface area contributed by atoms with Crippen LogP contribution in [-0.2, 0) is 4.74 Å². The van der Waals surface area contributed by atoms with E-state index in [1.165, 1.54) is 16.3 Å². The number of ether oxygens (including phenoxy) is 1. The summed E-state index contributed by atoms with van der Waals surface area (Å²) in [6, 6.07) is 8.80. The first kappa shape index (κ1) is 15.9. The summed E-state index contributed by atoms with van der Waals surface area (Å²) in [6.07, 6.45) is 5.86. The number of hydrogen-bond acceptors (Lipinski definition) is 3. The van der Waals surface area contributed by atoms with Crippen LogP contribution in [0.2, 0.25) is 0 Å². The van der Waals surface area contributed by atoms with Gasteiger partial charge in [-0.3, -0.25) is 4.98 Å². The van der Waals surface area contributed by atoms with E-state index in [9.17, 15) is 0 Å². The molecular formula is C18H26N2O. The summed E-state index contributed by atoms with van der Waals surface area (Å²) in [5.41, 5.74) is 1.15. The molecule has 2 aromatic rings. The van der Waals surface area contributed by atoms with Crippen molar-refractivity contribution in [1.82, 2.24) is 10.3 Å². The number of fused-ring (bicyclic) bond motifs is 1. The van der Waals surface area contributed by atoms with E-state index in [0.717, 1.165) is 19.4 Å². The van der Waals surface area contributed by atoms with E-state index < -0.39 is 0 Å². The lowest BCUT2D eigenvalue weighted by Gasteiger charge is -2.30. The van der Waals surface area contributed by atoms with Gasteiger partial charge < -0.3 is 10.1 Å². The van der Waals surface area contributed by atoms with Gasteiger partial charge in [0.1, 0.15) is 0 Å². The first-order valence-electron chi connectivity index (χ1n) is 7.68. The number of rotatable bonds is 7. The molecule has 21 heavy (non-hydrogen) atoms. The van der Waals surface area contributed by atoms with Crippen LogP contribution in [0.1, 0.15) is 45.2 Å². The molecule has 0 amide bonds. The SMILES string of the molecule is CCCNC(CC(C)(C)OC)c1cccc2ccncc12. The van der Waals surface area contributed by atoms with E-state index in [1.807, 2.05) is 12.4 Å². The first-order chi connectivity index (χ1) is 10.1. The van der Waals surface area contributed by atoms with Crippen molar-refractivity contribution in [3.8, 4) is 0 Å². The lowest BCUT2D eigenvalue weighted by atomic mass is 9.91. The molecule has 0 aliphatic heterocycles. The van der Waals surface area contributed by atoms with Gasteiger partial charge in [0.2, 0.25) is 0 Å². The standard InChI is InChI=1S/C18H26N2O/c1-5-10-20-17(12-18(2,3)21-4)15-8-6-7-14-9-11-19-13-16(14)15/h6-9,11,13,17,20H,5,10,12H2,1-4H3. The van der Waals surface area contributed by atoms with Crippen LogP contribution in [0.4, 0.5) is 0 Å². The minimum atomic E-state index is -0.157. The average molecular weight is 286 g/mol. The average Bonchev–Trinajstić information content (AvgIpc) is 2.51. The number of hydrogen-bond donors (Lipinski definition) is 1. The highest BCUT2D eigenvalue weighted by Crippen LogP contribution is 2.30. The van der Waals surface area contributed by atoms with Crippen LogP contribution in [0.5, 0.6) is 0 Å². The van der Waals surface area contributed by atoms with Crippen molar-refractivity contribution in [2.45, 2.75) is 45.3 Å². The zero-order chi connectivity index (χ0) is 15.3. The van der Waals surface area contributed by atoms with Gasteiger partial charge in [0.25, 0.3) is 0 Å². The number of aromatic nitrogens is 1. The maximum Gasteiger partial charge on any atom is 0.0640 e. The van der Waals surface area contributed by atoms with Gasteiger partial charge in [0, 0.05) is 30.9 Å². The van der Waals surface area contributed by atoms with Gasteiger partial charge in [-0.1, -0.05) is 25.1 Å². The number of methoxy groups -OCH3 is 1. The van der Waals surface area contributed by atoms with E-state index in [-0.39, 0.29) is 11.6 Å². The monoisotopic (exact) mass is 286 g/mol. The quantitative estimate of drug-likeness (QED) is 0.832. The summed E-state index contributed by atoms with van der Waals surface area (Å²) < 4.78 is 5.63. The molecule has 1 atom stereocenters. The van der Waals surface area contributed by atoms with Crippen LogP contribution in [0.25, 0.3) is 10.8 Å². The Morgan fingerprint density at radius 1 is 1.29 bits per heavy atom. The van der Waals surface area contributed by atoms with E-state index in [4.69, 9.17) is 4.74 Å². The Balaban J connectivity index is 2.38. The molecule has 1 unspecified atom stereocenters. The summed E-state index contributed by atoms with van der Waals surface area (Å²) in [5.74, 6) is 0. The van der Waals surface area contributed by atoms with Crippen LogP contribution < -0.4 is 5.32 Å². The van der Waals surface area contributed by atoms with Crippen molar-refractivity contribution in [2.75, 3.05) is 13.7 Å². The second-order valence-electron chi connectivity index (χ2n) is 6.12. The van der Waals surface area contributed by atoms with E-state index in [1.54, 1.807) is 7.11 Å². The summed E-state index contributed by atoms with van der Waals surface area (Å²) in [7, 11) is 1.78. The fourth-order valence-electron chi connectivity index (χ4n) is 2.63. The van der Waals surface area contributed by atoms with Crippen LogP contribution in [-0.4, -0.2) is 24.2 Å². The molecular weight excluding hydrogens is 260 g/mol. The zero-order valence-electron chi connectivity index (χ0n) is 13.5. The predicted molar refractivity (Wildman–Crippen MR) is 88.5 cm³/mol. The van der Waals surface area contributed by atoms with Crippen molar-refractivity contribution in [2.24, 2.45) is 0 Å². The lowest BCUT2D eigenvalue weighted by molar-refractivity contribution is 0.00697. The molecule has 1 aromatic carbocycles. The zero-order valence-corrected chi connectivity index (χ0v) is 13.5. The summed E-state index contributed by atoms with van der Waals surface area (Å²) >= 11 is 0. The molecule has 0 aliphatic rings. The molecule has 2 rings (SSSR count). The fourth-order valence-corrected chi connectivity index (χ4v) is 2.63. The molecule has 1 aromatic heterocycles. The minimum Gasteiger partial charge on any atom is -0.379 e. The summed E-state index contributed by atoms with van der Waals surface area (Å²) in [4.78, 5) is 4.29. The molecule has 0 spiro atoms. The molecule has 0 fully saturated rings. The van der Waals surface area contributed by atoms with Gasteiger partial charge in [-0.2, -0.15) is 0 Å². The fraction of sp³-hybridized carbons (Fsp3) is 0.500. The maximum atomic E-state index is 5.63. The van der Waals surface area contributed by atoms with E-state index in [0.29, 0.717) is 0 Å². The van der Waals surface area contributed by atoms with Gasteiger partial charge in [-0.05, 0) is 50.2 Å². The molecule has 0 bridgehead atoms. The number of nitrogens with zero attached hydrogens (tertiary/aromatic N) is 1. The van der Waals surface area contributed by atoms with Gasteiger partial charge in [-0.15, -0.1) is 0 Å². The van der Waals surface area contributed by atoms with Crippen LogP contribution in [0.3, 0.4) is 0 Å². The Morgan fingerprint density at radius 2 is 2.10 bits per heavy atom. The number of benzene rings is 1. The minimum absolute atomic E-state index is 0.157. The molecule has 3 nitrogen and oxygen atoms in total. The number of nitrogens with one attached hydrogen (secondary N) is 1. The Hall–Kier alpha value is -1.45. The second kappa shape index (κ2) is 7.01. The Kier molecular flexibility index (Phi) is 5.32. The van der Waals surface area contributed by atoms with Crippen LogP contribution >= 0.6 is 0 Å². The number of pyridine rings is 1. The highest BCUT2D eigenvalue weighted by molar-refractivity contribution is 5.85. The maximum absolute atomic E-state index is 5.63. The molecule has 3 heteroatoms. The predicted octanol–water partition coefficient (Wildman–Crippen LogP) is 4.09. The van der Waals surface area contributed by atoms with Crippen molar-refractivity contribution in [1.29, 1.82) is 0 Å². The molecule has 1 N–H and O–H groups in total. The molecule has 0 aliphatic carbocycles. The van der Waals surface area contributed by atoms with E-state index >= 15 is 0 Å². The summed E-state index contributed by atoms with van der Waals surface area (Å²) in [5, 5.41) is 6.12. The second-order valence-corrected chi connectivity index (χ2v) is 6.12. The Morgan fingerprint density at radius 3 is 2.81 bits per heavy atom. The van der Waals surface area contributed by atoms with Crippen molar-refractivity contribution < 1.29 is 4.74 Å². The topological polar surface area (TPSA) is 34.1 Å². The molecule has 114 valence electrons. The normalized spacial score (nSPS) is 13.5. The van der Waals surface area contributed by atoms with Gasteiger partial charge in [0.15, 0.2) is 0 Å². The lowest BCUT2D eigenvalue weighted by Crippen LogP contribution is -2.32. The van der Waals surface area contributed by atoms with Crippen LogP contribution in [0.15, 0.2) is 36.7 Å². The Labute approximate surface area is 127 Å². The van der Waals surface area contributed by atoms with Crippen LogP contribution in [0, 0.1) is 0 Å². The Bertz CT molecular complexity index is 575. The highest BCUT2D eigenvalue weighted by Gasteiger charge is 2.24. The third-order valence-corrected chi connectivity index (χ3v) is 3.98. The van der Waals surface area contributed by atoms with Crippen molar-refractivity contribution >= 4 is 10.8 Å². The molecule has 0 saturated carbocycles. The van der Waals surface area contributed by atoms with E-state index in [2.05, 4.69) is 55.3 Å². The largest absolute Gasteiger partial charge is 0.379 e. The highest BCUT2D eigenvalue weighted by atomic mass is 16.5. The smallest absolute Gasteiger partial charge is 0.0640 e. The molecule has 0 radical (unpaired) electrons.